The molecule has 0 spiro atoms. The Morgan fingerprint density at radius 2 is 0.858 bits per heavy atom. The van der Waals surface area contributed by atoms with Gasteiger partial charge in [-0.05, 0) is 154 Å². The Labute approximate surface area is 748 Å². The third kappa shape index (κ3) is 22.8. The third-order valence-corrected chi connectivity index (χ3v) is 21.4. The van der Waals surface area contributed by atoms with Crippen LogP contribution in [-0.2, 0) is 39.5 Å². The van der Waals surface area contributed by atoms with Gasteiger partial charge in [0.15, 0.2) is 34.5 Å². The number of nitrogens with one attached hydrogen (secondary N) is 4. The lowest BCUT2D eigenvalue weighted by molar-refractivity contribution is 0.397. The molecule has 0 aliphatic heterocycles. The molecule has 0 aliphatic carbocycles. The summed E-state index contributed by atoms with van der Waals surface area (Å²) in [7, 11) is 7.69. The quantitative estimate of drug-likeness (QED) is 0.0357. The maximum Gasteiger partial charge on any atom is 0.160 e. The predicted octanol–water partition coefficient (Wildman–Crippen LogP) is 22.5. The molecule has 6 aromatic carbocycles. The molecule has 0 fully saturated rings. The number of fused-ring (bicyclic) bond motifs is 6. The molecule has 10 aromatic heterocycles. The van der Waals surface area contributed by atoms with E-state index in [0.717, 1.165) is 65.9 Å². The zero-order valence-corrected chi connectivity index (χ0v) is 73.3. The van der Waals surface area contributed by atoms with Gasteiger partial charge in [-0.15, -0.1) is 0 Å². The standard InChI is InChI=1S/C17H16Cl2N4O.C15H14Cl2N4O.C15H11Cl2N3O.C14H8Cl2N2O.2C12H12Cl2N2O/c1-10(20-6-5-11-8-23(2)9-21-11)15-4-3-12-13(18)7-14(19)17(24)16(12)22-15;16-12-5-13(17)15(22)14-11(12)2-1-10(21-14)7-18-4-3-9-6-19-8-20-9;1-20(12-4-2-3-7-18-12)13-6-5-9-10(16)8-11(17)15(21)14(9)19-13;15-9-7-10(16)14(19)13-8(9)4-5-12(18-13)11-3-1-2-6-17-11;1-16(2)6-7-3-4-8-9(13)5-10(14)12(17)11(8)15-7;1-2-15-6-7-3-4-8-9(13)5-10(14)12(17)11(8)16-7/h3-4,7-9,20,24H,1,5-6H2,2H3;1-2,5-6,8,18,22H,3-4,7H2,(H,19,20);2-8,21H,1H3;1-7,19H;3-5,17H,6H2,1-2H3;3-5,15,17H,2,6H2,1H3. The molecule has 0 radical (unpaired) electrons. The van der Waals surface area contributed by atoms with Crippen LogP contribution >= 0.6 is 139 Å². The summed E-state index contributed by atoms with van der Waals surface area (Å²) >= 11 is 72.0. The van der Waals surface area contributed by atoms with Gasteiger partial charge in [0.05, 0.1) is 118 Å². The Morgan fingerprint density at radius 1 is 0.425 bits per heavy atom. The van der Waals surface area contributed by atoms with Crippen LogP contribution in [0.3, 0.4) is 0 Å². The molecule has 16 rings (SSSR count). The molecule has 35 heteroatoms. The molecular formula is C85H73Cl12N17O6. The highest BCUT2D eigenvalue weighted by Crippen LogP contribution is 2.43. The Bertz CT molecular complexity index is 6370. The van der Waals surface area contributed by atoms with Crippen molar-refractivity contribution in [2.75, 3.05) is 45.7 Å². The number of phenolic OH excluding ortho intramolecular Hbond substituents is 6. The van der Waals surface area contributed by atoms with Crippen LogP contribution in [0.5, 0.6) is 34.5 Å². The van der Waals surface area contributed by atoms with Crippen LogP contribution in [0.4, 0.5) is 11.6 Å². The number of H-pyrrole nitrogens is 1. The number of benzene rings is 6. The zero-order chi connectivity index (χ0) is 86.2. The van der Waals surface area contributed by atoms with Crippen molar-refractivity contribution in [1.82, 2.24) is 80.2 Å². The number of anilines is 2. The minimum absolute atomic E-state index is 0.0216. The van der Waals surface area contributed by atoms with E-state index in [2.05, 4.69) is 77.4 Å². The van der Waals surface area contributed by atoms with Gasteiger partial charge >= 0.3 is 0 Å². The van der Waals surface area contributed by atoms with Crippen LogP contribution in [0.15, 0.2) is 190 Å². The maximum atomic E-state index is 10.1. The van der Waals surface area contributed by atoms with Crippen molar-refractivity contribution in [3.63, 3.8) is 0 Å². The monoisotopic (exact) mass is 1850 g/mol. The molecule has 10 N–H and O–H groups in total. The maximum absolute atomic E-state index is 10.1. The molecule has 10 heterocycles. The second-order valence-corrected chi connectivity index (χ2v) is 31.5. The van der Waals surface area contributed by atoms with E-state index in [-0.39, 0.29) is 64.6 Å². The van der Waals surface area contributed by atoms with Crippen molar-refractivity contribution < 1.29 is 30.6 Å². The number of halogens is 12. The summed E-state index contributed by atoms with van der Waals surface area (Å²) in [6.45, 7) is 10.3. The van der Waals surface area contributed by atoms with Crippen LogP contribution in [-0.4, -0.2) is 136 Å². The molecular weight excluding hydrogens is 1780 g/mol. The Balaban J connectivity index is 0.000000141. The Hall–Kier alpha value is -10.0. The highest BCUT2D eigenvalue weighted by atomic mass is 35.5. The van der Waals surface area contributed by atoms with Crippen molar-refractivity contribution in [3.05, 3.63) is 284 Å². The van der Waals surface area contributed by atoms with E-state index in [1.165, 1.54) is 36.4 Å². The number of rotatable bonds is 18. The number of aromatic amines is 1. The van der Waals surface area contributed by atoms with Gasteiger partial charge in [0.1, 0.15) is 44.7 Å². The highest BCUT2D eigenvalue weighted by molar-refractivity contribution is 6.43. The first-order valence-corrected chi connectivity index (χ1v) is 40.8. The smallest absolute Gasteiger partial charge is 0.160 e. The average Bonchev–Trinajstić information content (AvgIpc) is 0.967. The van der Waals surface area contributed by atoms with Crippen LogP contribution in [0.2, 0.25) is 60.3 Å². The highest BCUT2D eigenvalue weighted by Gasteiger charge is 2.20. The summed E-state index contributed by atoms with van der Waals surface area (Å²) in [5.41, 5.74) is 9.66. The van der Waals surface area contributed by atoms with E-state index >= 15 is 0 Å². The van der Waals surface area contributed by atoms with Gasteiger partial charge < -0.3 is 65.9 Å². The predicted molar refractivity (Wildman–Crippen MR) is 489 cm³/mol. The summed E-state index contributed by atoms with van der Waals surface area (Å²) in [5.74, 6) is 1.06. The molecule has 0 atom stereocenters. The number of aryl methyl sites for hydroxylation is 1. The minimum atomic E-state index is -0.0841. The summed E-state index contributed by atoms with van der Waals surface area (Å²) in [5, 5.41) is 77.6. The molecule has 120 heavy (non-hydrogen) atoms. The summed E-state index contributed by atoms with van der Waals surface area (Å²) < 4.78 is 1.91. The van der Waals surface area contributed by atoms with Gasteiger partial charge in [0.2, 0.25) is 0 Å². The topological polar surface area (TPSA) is 314 Å². The molecule has 0 amide bonds. The van der Waals surface area contributed by atoms with E-state index in [0.29, 0.717) is 145 Å². The van der Waals surface area contributed by atoms with Gasteiger partial charge in [-0.3, -0.25) is 4.98 Å². The van der Waals surface area contributed by atoms with Crippen LogP contribution in [0, 0.1) is 0 Å². The van der Waals surface area contributed by atoms with Gasteiger partial charge in [-0.25, -0.2) is 44.9 Å². The number of hydrogen-bond donors (Lipinski definition) is 10. The first-order valence-electron chi connectivity index (χ1n) is 36.3. The van der Waals surface area contributed by atoms with Crippen LogP contribution < -0.4 is 20.9 Å². The number of hydrogen-bond acceptors (Lipinski definition) is 21. The molecule has 0 saturated heterocycles. The SMILES string of the molecule is C=C(NCCc1cn(C)cn1)c1ccc2c(Cl)cc(Cl)c(O)c2n1.CCNCc1ccc2c(Cl)cc(Cl)c(O)c2n1.CN(C)Cc1ccc2c(Cl)cc(Cl)c(O)c2n1.CN(c1ccccn1)c1ccc2c(Cl)cc(Cl)c(O)c2n1.Oc1c(Cl)cc(Cl)c2ccc(-c3ccccn3)nc12.Oc1c(Cl)cc(Cl)c2ccc(CNCCc3cnc[nH]3)nc12. The number of nitrogens with zero attached hydrogens (tertiary/aromatic N) is 13. The fourth-order valence-corrected chi connectivity index (χ4v) is 14.9. The first-order chi connectivity index (χ1) is 57.5. The second-order valence-electron chi connectivity index (χ2n) is 26.6. The van der Waals surface area contributed by atoms with Crippen molar-refractivity contribution in [2.45, 2.75) is 39.4 Å². The largest absolute Gasteiger partial charge is 0.504 e. The van der Waals surface area contributed by atoms with Gasteiger partial charge in [-0.1, -0.05) is 165 Å². The average molecular weight is 1850 g/mol. The second kappa shape index (κ2) is 42.0. The number of aromatic hydroxyl groups is 6. The van der Waals surface area contributed by atoms with Crippen LogP contribution in [0.25, 0.3) is 82.5 Å². The summed E-state index contributed by atoms with van der Waals surface area (Å²) in [6, 6.07) is 42.2. The minimum Gasteiger partial charge on any atom is -0.504 e. The Morgan fingerprint density at radius 3 is 1.30 bits per heavy atom. The number of phenols is 6. The molecule has 0 bridgehead atoms. The summed E-state index contributed by atoms with van der Waals surface area (Å²) in [4.78, 5) is 50.0. The van der Waals surface area contributed by atoms with Crippen molar-refractivity contribution in [1.29, 1.82) is 0 Å². The fourth-order valence-electron chi connectivity index (χ4n) is 11.8. The Kier molecular flexibility index (Phi) is 31.8. The molecule has 618 valence electrons. The lowest BCUT2D eigenvalue weighted by Crippen LogP contribution is -2.17. The van der Waals surface area contributed by atoms with E-state index in [4.69, 9.17) is 139 Å². The number of aromatic nitrogens is 12. The zero-order valence-electron chi connectivity index (χ0n) is 64.2. The van der Waals surface area contributed by atoms with E-state index in [1.807, 2.05) is 141 Å². The number of imidazole rings is 2. The molecule has 23 nitrogen and oxygen atoms in total. The van der Waals surface area contributed by atoms with Gasteiger partial charge in [-0.2, -0.15) is 0 Å². The van der Waals surface area contributed by atoms with Crippen LogP contribution in [0.1, 0.15) is 41.1 Å². The summed E-state index contributed by atoms with van der Waals surface area (Å²) in [6.07, 6.45) is 12.2. The third-order valence-electron chi connectivity index (χ3n) is 17.8. The lowest BCUT2D eigenvalue weighted by Gasteiger charge is -2.17. The molecule has 0 saturated carbocycles. The normalized spacial score (nSPS) is 11.0. The van der Waals surface area contributed by atoms with Crippen molar-refractivity contribution in [2.24, 2.45) is 7.05 Å². The lowest BCUT2D eigenvalue weighted by atomic mass is 10.1. The first kappa shape index (κ1) is 90.8. The van der Waals surface area contributed by atoms with E-state index in [9.17, 15) is 30.6 Å². The fraction of sp³-hybridized carbons (Fsp3) is 0.153. The van der Waals surface area contributed by atoms with Crippen molar-refractivity contribution >= 4 is 222 Å². The van der Waals surface area contributed by atoms with E-state index < -0.39 is 0 Å². The molecule has 16 aromatic rings. The molecule has 0 aliphatic rings. The van der Waals surface area contributed by atoms with Gasteiger partial charge in [0.25, 0.3) is 0 Å². The number of pyridine rings is 8. The molecule has 0 unspecified atom stereocenters. The van der Waals surface area contributed by atoms with Gasteiger partial charge in [0, 0.05) is 122 Å². The van der Waals surface area contributed by atoms with Crippen molar-refractivity contribution in [3.8, 4) is 45.9 Å². The van der Waals surface area contributed by atoms with E-state index in [1.54, 1.807) is 55.5 Å².